The first-order valence-electron chi connectivity index (χ1n) is 16.4. The van der Waals surface area contributed by atoms with Gasteiger partial charge in [0.15, 0.2) is 0 Å². The molecular formula is C46H32N2. The molecule has 0 spiro atoms. The zero-order valence-electron chi connectivity index (χ0n) is 26.4. The van der Waals surface area contributed by atoms with Gasteiger partial charge in [-0.1, -0.05) is 146 Å². The van der Waals surface area contributed by atoms with Crippen LogP contribution in [-0.4, -0.2) is 4.57 Å². The van der Waals surface area contributed by atoms with Gasteiger partial charge in [0.1, 0.15) is 0 Å². The first-order valence-corrected chi connectivity index (χ1v) is 16.4. The van der Waals surface area contributed by atoms with Crippen molar-refractivity contribution in [3.8, 4) is 27.9 Å². The molecule has 0 aliphatic rings. The van der Waals surface area contributed by atoms with Crippen molar-refractivity contribution in [1.29, 1.82) is 0 Å². The predicted octanol–water partition coefficient (Wildman–Crippen LogP) is 12.7. The van der Waals surface area contributed by atoms with Crippen LogP contribution in [0.2, 0.25) is 0 Å². The molecule has 2 heteroatoms. The number of fused-ring (bicyclic) bond motifs is 4. The van der Waals surface area contributed by atoms with E-state index < -0.39 is 0 Å². The zero-order valence-corrected chi connectivity index (χ0v) is 26.4. The van der Waals surface area contributed by atoms with E-state index in [0.29, 0.717) is 0 Å². The van der Waals surface area contributed by atoms with Gasteiger partial charge in [0.05, 0.1) is 16.7 Å². The Kier molecular flexibility index (Phi) is 6.84. The summed E-state index contributed by atoms with van der Waals surface area (Å²) in [5.74, 6) is 0. The molecule has 2 nitrogen and oxygen atoms in total. The van der Waals surface area contributed by atoms with Crippen molar-refractivity contribution in [3.63, 3.8) is 0 Å². The minimum absolute atomic E-state index is 1.10. The fourth-order valence-electron chi connectivity index (χ4n) is 7.18. The molecule has 1 aromatic heterocycles. The van der Waals surface area contributed by atoms with Crippen LogP contribution in [-0.2, 0) is 0 Å². The minimum atomic E-state index is 1.10. The standard InChI is InChI=1S/C46H32N2/c1-3-14-34(15-4-1)41-21-9-11-24-44(41)47(37-28-26-35(27-29-37)40-23-13-17-33-16-7-8-20-39(33)40)38-30-31-43-42-22-10-12-25-45(42)48(46(43)32-38)36-18-5-2-6-19-36/h1-32H. The van der Waals surface area contributed by atoms with Crippen molar-refractivity contribution in [2.75, 3.05) is 4.90 Å². The van der Waals surface area contributed by atoms with Gasteiger partial charge in [0.25, 0.3) is 0 Å². The summed E-state index contributed by atoms with van der Waals surface area (Å²) in [5.41, 5.74) is 11.7. The van der Waals surface area contributed by atoms with E-state index in [4.69, 9.17) is 0 Å². The molecule has 0 amide bonds. The first kappa shape index (κ1) is 27.9. The van der Waals surface area contributed by atoms with Crippen LogP contribution in [0.5, 0.6) is 0 Å². The zero-order chi connectivity index (χ0) is 31.9. The van der Waals surface area contributed by atoms with Crippen molar-refractivity contribution in [1.82, 2.24) is 4.57 Å². The van der Waals surface area contributed by atoms with Crippen molar-refractivity contribution in [3.05, 3.63) is 194 Å². The summed E-state index contributed by atoms with van der Waals surface area (Å²) in [6.07, 6.45) is 0. The van der Waals surface area contributed by atoms with Crippen LogP contribution in [0.4, 0.5) is 17.1 Å². The Labute approximate surface area is 280 Å². The van der Waals surface area contributed by atoms with Gasteiger partial charge in [-0.05, 0) is 76.0 Å². The van der Waals surface area contributed by atoms with Crippen molar-refractivity contribution >= 4 is 49.6 Å². The van der Waals surface area contributed by atoms with Crippen LogP contribution in [0, 0.1) is 0 Å². The van der Waals surface area contributed by atoms with Crippen LogP contribution < -0.4 is 4.90 Å². The largest absolute Gasteiger partial charge is 0.310 e. The van der Waals surface area contributed by atoms with E-state index in [9.17, 15) is 0 Å². The lowest BCUT2D eigenvalue weighted by molar-refractivity contribution is 1.18. The number of hydrogen-bond donors (Lipinski definition) is 0. The highest BCUT2D eigenvalue weighted by molar-refractivity contribution is 6.10. The van der Waals surface area contributed by atoms with Crippen LogP contribution in [0.3, 0.4) is 0 Å². The lowest BCUT2D eigenvalue weighted by Crippen LogP contribution is -2.11. The Morgan fingerprint density at radius 2 is 0.938 bits per heavy atom. The molecule has 0 unspecified atom stereocenters. The maximum atomic E-state index is 2.40. The third-order valence-electron chi connectivity index (χ3n) is 9.39. The molecule has 48 heavy (non-hydrogen) atoms. The van der Waals surface area contributed by atoms with Crippen molar-refractivity contribution in [2.24, 2.45) is 0 Å². The van der Waals surface area contributed by atoms with Crippen molar-refractivity contribution < 1.29 is 0 Å². The number of benzene rings is 8. The van der Waals surface area contributed by atoms with E-state index in [1.54, 1.807) is 0 Å². The van der Waals surface area contributed by atoms with Crippen molar-refractivity contribution in [2.45, 2.75) is 0 Å². The average molecular weight is 613 g/mol. The molecule has 9 aromatic rings. The molecule has 0 atom stereocenters. The molecule has 226 valence electrons. The smallest absolute Gasteiger partial charge is 0.0561 e. The molecule has 9 rings (SSSR count). The predicted molar refractivity (Wildman–Crippen MR) is 204 cm³/mol. The number of anilines is 3. The van der Waals surface area contributed by atoms with Gasteiger partial charge in [-0.15, -0.1) is 0 Å². The lowest BCUT2D eigenvalue weighted by Gasteiger charge is -2.28. The molecular weight excluding hydrogens is 581 g/mol. The van der Waals surface area contributed by atoms with E-state index in [1.807, 2.05) is 0 Å². The van der Waals surface area contributed by atoms with E-state index in [2.05, 4.69) is 204 Å². The van der Waals surface area contributed by atoms with E-state index in [0.717, 1.165) is 22.7 Å². The number of rotatable bonds is 6. The highest BCUT2D eigenvalue weighted by Gasteiger charge is 2.20. The van der Waals surface area contributed by atoms with Gasteiger partial charge in [-0.25, -0.2) is 0 Å². The molecule has 1 heterocycles. The summed E-state index contributed by atoms with van der Waals surface area (Å²) in [6.45, 7) is 0. The van der Waals surface area contributed by atoms with Gasteiger partial charge in [-0.2, -0.15) is 0 Å². The summed E-state index contributed by atoms with van der Waals surface area (Å²) in [4.78, 5) is 2.40. The normalized spacial score (nSPS) is 11.3. The topological polar surface area (TPSA) is 8.17 Å². The quantitative estimate of drug-likeness (QED) is 0.181. The molecule has 0 N–H and O–H groups in total. The molecule has 0 aliphatic carbocycles. The second-order valence-corrected chi connectivity index (χ2v) is 12.2. The van der Waals surface area contributed by atoms with E-state index in [-0.39, 0.29) is 0 Å². The number of nitrogens with zero attached hydrogens (tertiary/aromatic N) is 2. The summed E-state index contributed by atoms with van der Waals surface area (Å²) in [5, 5.41) is 5.00. The second kappa shape index (κ2) is 11.8. The van der Waals surface area contributed by atoms with Crippen LogP contribution >= 0.6 is 0 Å². The number of aromatic nitrogens is 1. The fourth-order valence-corrected chi connectivity index (χ4v) is 7.18. The van der Waals surface area contributed by atoms with E-state index in [1.165, 1.54) is 54.8 Å². The lowest BCUT2D eigenvalue weighted by atomic mass is 9.97. The van der Waals surface area contributed by atoms with Gasteiger partial charge in [0.2, 0.25) is 0 Å². The summed E-state index contributed by atoms with van der Waals surface area (Å²) in [7, 11) is 0. The minimum Gasteiger partial charge on any atom is -0.310 e. The number of hydrogen-bond acceptors (Lipinski definition) is 1. The van der Waals surface area contributed by atoms with Gasteiger partial charge < -0.3 is 9.47 Å². The maximum Gasteiger partial charge on any atom is 0.0561 e. The van der Waals surface area contributed by atoms with Gasteiger partial charge >= 0.3 is 0 Å². The maximum absolute atomic E-state index is 2.40. The third-order valence-corrected chi connectivity index (χ3v) is 9.39. The van der Waals surface area contributed by atoms with Crippen LogP contribution in [0.25, 0.3) is 60.5 Å². The van der Waals surface area contributed by atoms with Crippen LogP contribution in [0.1, 0.15) is 0 Å². The highest BCUT2D eigenvalue weighted by Crippen LogP contribution is 2.43. The highest BCUT2D eigenvalue weighted by atomic mass is 15.1. The second-order valence-electron chi connectivity index (χ2n) is 12.2. The SMILES string of the molecule is c1ccc(-c2ccccc2N(c2ccc(-c3cccc4ccccc34)cc2)c2ccc3c4ccccc4n(-c4ccccc4)c3c2)cc1. The average Bonchev–Trinajstić information content (AvgIpc) is 3.50. The number of para-hydroxylation sites is 3. The Morgan fingerprint density at radius 1 is 0.354 bits per heavy atom. The molecule has 0 aliphatic heterocycles. The first-order chi connectivity index (χ1) is 23.8. The van der Waals surface area contributed by atoms with Gasteiger partial charge in [0, 0.05) is 33.4 Å². The summed E-state index contributed by atoms with van der Waals surface area (Å²) < 4.78 is 2.39. The fraction of sp³-hybridized carbons (Fsp3) is 0. The molecule has 0 fully saturated rings. The third kappa shape index (κ3) is 4.74. The molecule has 0 saturated heterocycles. The summed E-state index contributed by atoms with van der Waals surface area (Å²) >= 11 is 0. The Bertz CT molecular complexity index is 2540. The molecule has 0 radical (unpaired) electrons. The molecule has 0 bridgehead atoms. The van der Waals surface area contributed by atoms with Crippen LogP contribution in [0.15, 0.2) is 194 Å². The Hall–Kier alpha value is -6.38. The molecule has 0 saturated carbocycles. The van der Waals surface area contributed by atoms with Gasteiger partial charge in [-0.3, -0.25) is 0 Å². The van der Waals surface area contributed by atoms with E-state index >= 15 is 0 Å². The summed E-state index contributed by atoms with van der Waals surface area (Å²) in [6, 6.07) is 69.9. The Balaban J connectivity index is 1.27. The Morgan fingerprint density at radius 3 is 1.77 bits per heavy atom. The monoisotopic (exact) mass is 612 g/mol. The molecule has 8 aromatic carbocycles.